The van der Waals surface area contributed by atoms with Crippen LogP contribution in [0.1, 0.15) is 23.3 Å². The molecule has 1 fully saturated rings. The van der Waals surface area contributed by atoms with E-state index in [0.717, 1.165) is 31.0 Å². The monoisotopic (exact) mass is 289 g/mol. The van der Waals surface area contributed by atoms with Crippen molar-refractivity contribution in [1.82, 2.24) is 24.6 Å². The van der Waals surface area contributed by atoms with E-state index in [4.69, 9.17) is 4.74 Å². The van der Waals surface area contributed by atoms with E-state index in [-0.39, 0.29) is 11.7 Å². The Bertz CT molecular complexity index is 678. The van der Waals surface area contributed by atoms with E-state index in [2.05, 4.69) is 20.1 Å². The van der Waals surface area contributed by atoms with E-state index in [0.29, 0.717) is 12.4 Å². The van der Waals surface area contributed by atoms with Crippen LogP contribution in [0, 0.1) is 6.92 Å². The van der Waals surface area contributed by atoms with Gasteiger partial charge in [0.2, 0.25) is 0 Å². The number of aryl methyl sites for hydroxylation is 2. The molecule has 1 N–H and O–H groups in total. The van der Waals surface area contributed by atoms with Gasteiger partial charge in [-0.1, -0.05) is 0 Å². The van der Waals surface area contributed by atoms with Crippen molar-refractivity contribution in [2.45, 2.75) is 19.6 Å². The molecule has 3 rings (SSSR count). The third-order valence-electron chi connectivity index (χ3n) is 3.63. The number of aromatic nitrogens is 4. The maximum Gasteiger partial charge on any atom is 0.250 e. The number of aromatic amines is 1. The molecule has 2 aromatic heterocycles. The number of pyridine rings is 1. The smallest absolute Gasteiger partial charge is 0.250 e. The highest BCUT2D eigenvalue weighted by Gasteiger charge is 2.25. The normalized spacial score (nSPS) is 19.8. The van der Waals surface area contributed by atoms with Gasteiger partial charge in [-0.2, -0.15) is 5.10 Å². The molecule has 1 aliphatic rings. The molecule has 0 amide bonds. The van der Waals surface area contributed by atoms with Gasteiger partial charge in [-0.05, 0) is 18.6 Å². The number of morpholine rings is 1. The third-order valence-corrected chi connectivity index (χ3v) is 3.63. The van der Waals surface area contributed by atoms with Crippen LogP contribution in [0.5, 0.6) is 0 Å². The van der Waals surface area contributed by atoms with Gasteiger partial charge < -0.3 is 9.30 Å². The molecular formula is C14H19N5O2. The first-order valence-corrected chi connectivity index (χ1v) is 7.00. The summed E-state index contributed by atoms with van der Waals surface area (Å²) in [5, 5.41) is 7.01. The molecule has 0 bridgehead atoms. The summed E-state index contributed by atoms with van der Waals surface area (Å²) in [5.74, 6) is 1.48. The first kappa shape index (κ1) is 14.0. The van der Waals surface area contributed by atoms with Crippen molar-refractivity contribution < 1.29 is 4.74 Å². The molecule has 7 heteroatoms. The zero-order valence-electron chi connectivity index (χ0n) is 12.2. The quantitative estimate of drug-likeness (QED) is 0.884. The Hall–Kier alpha value is -1.99. The highest BCUT2D eigenvalue weighted by Crippen LogP contribution is 2.20. The van der Waals surface area contributed by atoms with E-state index < -0.39 is 0 Å². The standard InChI is InChI=1S/C14H19N5O2/c1-10-15-14(17-16-10)12-9-19(5-6-21-12)8-11-3-4-18(2)13(20)7-11/h3-4,7,12H,5-6,8-9H2,1-2H3,(H,15,16,17). The van der Waals surface area contributed by atoms with Crippen LogP contribution >= 0.6 is 0 Å². The van der Waals surface area contributed by atoms with Gasteiger partial charge >= 0.3 is 0 Å². The summed E-state index contributed by atoms with van der Waals surface area (Å²) in [5.41, 5.74) is 1.03. The number of hydrogen-bond donors (Lipinski definition) is 1. The van der Waals surface area contributed by atoms with Crippen LogP contribution in [0.3, 0.4) is 0 Å². The zero-order valence-corrected chi connectivity index (χ0v) is 12.2. The lowest BCUT2D eigenvalue weighted by atomic mass is 10.2. The average Bonchev–Trinajstić information content (AvgIpc) is 2.90. The molecule has 3 heterocycles. The van der Waals surface area contributed by atoms with Gasteiger partial charge in [0.15, 0.2) is 5.82 Å². The molecule has 2 aromatic rings. The van der Waals surface area contributed by atoms with Crippen molar-refractivity contribution in [2.75, 3.05) is 19.7 Å². The van der Waals surface area contributed by atoms with E-state index in [9.17, 15) is 4.79 Å². The molecule has 1 unspecified atom stereocenters. The Labute approximate surface area is 122 Å². The van der Waals surface area contributed by atoms with Crippen molar-refractivity contribution >= 4 is 0 Å². The minimum Gasteiger partial charge on any atom is -0.367 e. The van der Waals surface area contributed by atoms with Gasteiger partial charge in [-0.15, -0.1) is 0 Å². The fourth-order valence-electron chi connectivity index (χ4n) is 2.45. The Balaban J connectivity index is 1.68. The van der Waals surface area contributed by atoms with E-state index in [1.54, 1.807) is 23.9 Å². The minimum absolute atomic E-state index is 0.0157. The SMILES string of the molecule is Cc1nc(C2CN(Cc3ccn(C)c(=O)c3)CCO2)n[nH]1. The fourth-order valence-corrected chi connectivity index (χ4v) is 2.45. The molecule has 1 aliphatic heterocycles. The topological polar surface area (TPSA) is 76.0 Å². The molecule has 21 heavy (non-hydrogen) atoms. The second-order valence-electron chi connectivity index (χ2n) is 5.36. The first-order valence-electron chi connectivity index (χ1n) is 7.00. The molecule has 112 valence electrons. The predicted molar refractivity (Wildman–Crippen MR) is 76.8 cm³/mol. The van der Waals surface area contributed by atoms with Crippen molar-refractivity contribution in [2.24, 2.45) is 7.05 Å². The molecule has 0 radical (unpaired) electrons. The summed E-state index contributed by atoms with van der Waals surface area (Å²) in [6.45, 7) is 4.82. The fraction of sp³-hybridized carbons (Fsp3) is 0.500. The third kappa shape index (κ3) is 3.20. The molecule has 1 saturated heterocycles. The maximum atomic E-state index is 11.7. The lowest BCUT2D eigenvalue weighted by Crippen LogP contribution is -2.38. The minimum atomic E-state index is -0.116. The summed E-state index contributed by atoms with van der Waals surface area (Å²) in [7, 11) is 1.75. The van der Waals surface area contributed by atoms with Gasteiger partial charge in [0.25, 0.3) is 5.56 Å². The van der Waals surface area contributed by atoms with Crippen molar-refractivity contribution in [3.05, 3.63) is 45.9 Å². The van der Waals surface area contributed by atoms with E-state index in [1.165, 1.54) is 0 Å². The number of rotatable bonds is 3. The second-order valence-corrected chi connectivity index (χ2v) is 5.36. The molecule has 1 atom stereocenters. The number of H-pyrrole nitrogens is 1. The van der Waals surface area contributed by atoms with Gasteiger partial charge in [0, 0.05) is 38.9 Å². The predicted octanol–water partition coefficient (Wildman–Crippen LogP) is 0.385. The van der Waals surface area contributed by atoms with Crippen LogP contribution in [0.4, 0.5) is 0 Å². The molecule has 0 aromatic carbocycles. The molecule has 0 aliphatic carbocycles. The number of nitrogens with one attached hydrogen (secondary N) is 1. The van der Waals surface area contributed by atoms with Gasteiger partial charge in [-0.3, -0.25) is 14.8 Å². The summed E-state index contributed by atoms with van der Waals surface area (Å²) in [4.78, 5) is 18.3. The van der Waals surface area contributed by atoms with Crippen molar-refractivity contribution in [1.29, 1.82) is 0 Å². The van der Waals surface area contributed by atoms with Gasteiger partial charge in [-0.25, -0.2) is 4.98 Å². The molecule has 0 spiro atoms. The van der Waals surface area contributed by atoms with Crippen LogP contribution in [0.15, 0.2) is 23.1 Å². The van der Waals surface area contributed by atoms with Crippen LogP contribution < -0.4 is 5.56 Å². The van der Waals surface area contributed by atoms with Gasteiger partial charge in [0.05, 0.1) is 6.61 Å². The maximum absolute atomic E-state index is 11.7. The molecule has 0 saturated carbocycles. The second kappa shape index (κ2) is 5.79. The highest BCUT2D eigenvalue weighted by atomic mass is 16.5. The largest absolute Gasteiger partial charge is 0.367 e. The van der Waals surface area contributed by atoms with Crippen LogP contribution in [-0.4, -0.2) is 44.3 Å². The van der Waals surface area contributed by atoms with Crippen molar-refractivity contribution in [3.63, 3.8) is 0 Å². The van der Waals surface area contributed by atoms with Crippen LogP contribution in [0.25, 0.3) is 0 Å². The molecule has 7 nitrogen and oxygen atoms in total. The number of nitrogens with zero attached hydrogens (tertiary/aromatic N) is 4. The summed E-state index contributed by atoms with van der Waals surface area (Å²) >= 11 is 0. The number of ether oxygens (including phenoxy) is 1. The van der Waals surface area contributed by atoms with Gasteiger partial charge in [0.1, 0.15) is 11.9 Å². The summed E-state index contributed by atoms with van der Waals surface area (Å²) in [6.07, 6.45) is 1.68. The highest BCUT2D eigenvalue weighted by molar-refractivity contribution is 5.11. The summed E-state index contributed by atoms with van der Waals surface area (Å²) in [6, 6.07) is 3.66. The zero-order chi connectivity index (χ0) is 14.8. The number of hydrogen-bond acceptors (Lipinski definition) is 5. The van der Waals surface area contributed by atoms with Crippen LogP contribution in [0.2, 0.25) is 0 Å². The van der Waals surface area contributed by atoms with Crippen LogP contribution in [-0.2, 0) is 18.3 Å². The Morgan fingerprint density at radius 3 is 3.10 bits per heavy atom. The van der Waals surface area contributed by atoms with E-state index >= 15 is 0 Å². The first-order chi connectivity index (χ1) is 10.1. The average molecular weight is 289 g/mol. The molecular weight excluding hydrogens is 270 g/mol. The van der Waals surface area contributed by atoms with E-state index in [1.807, 2.05) is 13.0 Å². The Morgan fingerprint density at radius 2 is 2.38 bits per heavy atom. The Kier molecular flexibility index (Phi) is 3.85. The summed E-state index contributed by atoms with van der Waals surface area (Å²) < 4.78 is 7.31. The lowest BCUT2D eigenvalue weighted by Gasteiger charge is -2.31. The van der Waals surface area contributed by atoms with Crippen molar-refractivity contribution in [3.8, 4) is 0 Å². The lowest BCUT2D eigenvalue weighted by molar-refractivity contribution is -0.0370. The Morgan fingerprint density at radius 1 is 1.52 bits per heavy atom.